The Morgan fingerprint density at radius 3 is 1.81 bits per heavy atom. The molecule has 0 aromatic heterocycles. The summed E-state index contributed by atoms with van der Waals surface area (Å²) in [6.07, 6.45) is -4.94. The summed E-state index contributed by atoms with van der Waals surface area (Å²) in [6.45, 7) is 12.8. The minimum absolute atomic E-state index is 0.0104. The summed E-state index contributed by atoms with van der Waals surface area (Å²) in [5.41, 5.74) is -3.89. The van der Waals surface area contributed by atoms with Crippen LogP contribution in [0.3, 0.4) is 0 Å². The minimum atomic E-state index is -1.52. The Labute approximate surface area is 249 Å². The normalized spacial score (nSPS) is 42.7. The van der Waals surface area contributed by atoms with E-state index in [1.807, 2.05) is 0 Å². The molecule has 0 radical (unpaired) electrons. The van der Waals surface area contributed by atoms with Crippen LogP contribution in [0.1, 0.15) is 75.2 Å². The van der Waals surface area contributed by atoms with Crippen LogP contribution >= 0.6 is 0 Å². The van der Waals surface area contributed by atoms with E-state index < -0.39 is 101 Å². The largest absolute Gasteiger partial charge is 0.462 e. The third-order valence-corrected chi connectivity index (χ3v) is 9.32. The molecule has 11 atom stereocenters. The van der Waals surface area contributed by atoms with Gasteiger partial charge in [0, 0.05) is 59.3 Å². The van der Waals surface area contributed by atoms with E-state index in [0.29, 0.717) is 5.57 Å². The van der Waals surface area contributed by atoms with Gasteiger partial charge in [0.05, 0.1) is 5.41 Å². The molecule has 4 aliphatic rings. The second kappa shape index (κ2) is 11.2. The quantitative estimate of drug-likeness (QED) is 0.193. The molecule has 0 aromatic rings. The zero-order valence-corrected chi connectivity index (χ0v) is 25.9. The lowest BCUT2D eigenvalue weighted by Gasteiger charge is -2.57. The Bertz CT molecular complexity index is 1260. The first-order valence-corrected chi connectivity index (χ1v) is 14.3. The summed E-state index contributed by atoms with van der Waals surface area (Å²) < 4.78 is 41.4. The second-order valence-corrected chi connectivity index (χ2v) is 12.4. The predicted molar refractivity (Wildman–Crippen MR) is 144 cm³/mol. The van der Waals surface area contributed by atoms with Crippen LogP contribution in [0.5, 0.6) is 0 Å². The van der Waals surface area contributed by atoms with E-state index in [4.69, 9.17) is 33.2 Å². The number of esters is 6. The topological polar surface area (TPSA) is 170 Å². The number of carbonyl (C=O) groups excluding carboxylic acids is 6. The van der Waals surface area contributed by atoms with Gasteiger partial charge in [-0.2, -0.15) is 0 Å². The average Bonchev–Trinajstić information content (AvgIpc) is 3.44. The maximum atomic E-state index is 13.2. The molecule has 238 valence electrons. The number of hydrogen-bond donors (Lipinski definition) is 0. The molecule has 0 amide bonds. The standard InChI is InChI=1S/C30H40O13/c1-13-10-21(38-16(4)32)25(40-18(6)34)28(8)22(39-17(5)33)12-20(37-15(3)31)14(2)24(28)26(41-19(7)35)30-23(11-13)42-27(36)29(30,9)43-30/h11,14,20-26H,10,12H2,1-9H3/b13-11-/t14-,20-,21-,22-,23-,24+,25-,26-,28-,29-,30-/m0/s1. The smallest absolute Gasteiger partial charge is 0.342 e. The number of carbonyl (C=O) groups is 6. The van der Waals surface area contributed by atoms with Crippen molar-refractivity contribution in [2.24, 2.45) is 17.3 Å². The van der Waals surface area contributed by atoms with E-state index in [1.54, 1.807) is 33.8 Å². The van der Waals surface area contributed by atoms with Gasteiger partial charge in [0.25, 0.3) is 0 Å². The highest BCUT2D eigenvalue weighted by Gasteiger charge is 2.87. The zero-order valence-electron chi connectivity index (χ0n) is 25.9. The second-order valence-electron chi connectivity index (χ2n) is 12.4. The SMILES string of the molecule is CC(=O)O[C@H]1C[C@H](OC(C)=O)[C@@]2(C)[C@H]([C@H]1C)[C@H](OC(C)=O)[C@]13O[C@@]1(C)C(=O)O[C@H]3/C=C(/C)C[C@H](OC(C)=O)[C@@H]2OC(C)=O. The minimum Gasteiger partial charge on any atom is -0.462 e. The summed E-state index contributed by atoms with van der Waals surface area (Å²) in [6, 6.07) is 0. The molecule has 3 fully saturated rings. The lowest BCUT2D eigenvalue weighted by atomic mass is 9.52. The van der Waals surface area contributed by atoms with E-state index in [-0.39, 0.29) is 12.8 Å². The fourth-order valence-corrected chi connectivity index (χ4v) is 7.67. The van der Waals surface area contributed by atoms with Crippen LogP contribution in [0.25, 0.3) is 0 Å². The van der Waals surface area contributed by atoms with Crippen molar-refractivity contribution < 1.29 is 61.9 Å². The third-order valence-electron chi connectivity index (χ3n) is 9.32. The van der Waals surface area contributed by atoms with Crippen LogP contribution < -0.4 is 0 Å². The monoisotopic (exact) mass is 608 g/mol. The fourth-order valence-electron chi connectivity index (χ4n) is 7.67. The first-order chi connectivity index (χ1) is 19.9. The maximum absolute atomic E-state index is 13.2. The van der Waals surface area contributed by atoms with Crippen LogP contribution in [0.2, 0.25) is 0 Å². The molecule has 0 N–H and O–H groups in total. The van der Waals surface area contributed by atoms with Crippen molar-refractivity contribution in [1.29, 1.82) is 0 Å². The van der Waals surface area contributed by atoms with Crippen molar-refractivity contribution in [2.45, 2.75) is 123 Å². The molecule has 2 aliphatic heterocycles. The van der Waals surface area contributed by atoms with Gasteiger partial charge in [-0.05, 0) is 19.9 Å². The summed E-state index contributed by atoms with van der Waals surface area (Å²) in [7, 11) is 0. The third kappa shape index (κ3) is 5.40. The Balaban J connectivity index is 2.09. The van der Waals surface area contributed by atoms with E-state index in [9.17, 15) is 28.8 Å². The lowest BCUT2D eigenvalue weighted by molar-refractivity contribution is -0.247. The number of hydrogen-bond acceptors (Lipinski definition) is 13. The van der Waals surface area contributed by atoms with Gasteiger partial charge in [-0.3, -0.25) is 24.0 Å². The van der Waals surface area contributed by atoms with Crippen LogP contribution in [0.15, 0.2) is 11.6 Å². The molecule has 0 bridgehead atoms. The summed E-state index contributed by atoms with van der Waals surface area (Å²) in [4.78, 5) is 75.9. The maximum Gasteiger partial charge on any atom is 0.342 e. The molecule has 1 spiro atoms. The summed E-state index contributed by atoms with van der Waals surface area (Å²) in [5, 5.41) is 0. The lowest BCUT2D eigenvalue weighted by Crippen LogP contribution is -2.68. The molecular weight excluding hydrogens is 568 g/mol. The highest BCUT2D eigenvalue weighted by molar-refractivity contribution is 5.89. The van der Waals surface area contributed by atoms with Crippen LogP contribution in [-0.4, -0.2) is 83.6 Å². The molecule has 2 aliphatic carbocycles. The van der Waals surface area contributed by atoms with Gasteiger partial charge in [-0.1, -0.05) is 19.4 Å². The van der Waals surface area contributed by atoms with Crippen molar-refractivity contribution >= 4 is 35.8 Å². The number of ether oxygens (including phenoxy) is 7. The zero-order chi connectivity index (χ0) is 32.2. The van der Waals surface area contributed by atoms with E-state index >= 15 is 0 Å². The molecule has 1 saturated carbocycles. The molecular formula is C30H40O13. The number of epoxide rings is 1. The van der Waals surface area contributed by atoms with Gasteiger partial charge in [-0.25, -0.2) is 4.79 Å². The Hall–Kier alpha value is -3.48. The van der Waals surface area contributed by atoms with Crippen molar-refractivity contribution in [1.82, 2.24) is 0 Å². The van der Waals surface area contributed by atoms with Gasteiger partial charge in [0.2, 0.25) is 0 Å². The molecule has 43 heavy (non-hydrogen) atoms. The summed E-state index contributed by atoms with van der Waals surface area (Å²) in [5.74, 6) is -5.64. The van der Waals surface area contributed by atoms with Crippen molar-refractivity contribution in [2.75, 3.05) is 0 Å². The van der Waals surface area contributed by atoms with Gasteiger partial charge in [0.15, 0.2) is 17.3 Å². The first-order valence-electron chi connectivity index (χ1n) is 14.3. The van der Waals surface area contributed by atoms with Gasteiger partial charge in [0.1, 0.15) is 30.5 Å². The fraction of sp³-hybridized carbons (Fsp3) is 0.733. The molecule has 2 saturated heterocycles. The van der Waals surface area contributed by atoms with E-state index in [1.165, 1.54) is 34.6 Å². The van der Waals surface area contributed by atoms with E-state index in [0.717, 1.165) is 0 Å². The van der Waals surface area contributed by atoms with Gasteiger partial charge < -0.3 is 33.2 Å². The van der Waals surface area contributed by atoms with Crippen LogP contribution in [-0.2, 0) is 61.9 Å². The van der Waals surface area contributed by atoms with Crippen LogP contribution in [0.4, 0.5) is 0 Å². The number of fused-ring (bicyclic) bond motifs is 1. The molecule has 0 aromatic carbocycles. The van der Waals surface area contributed by atoms with Gasteiger partial charge >= 0.3 is 35.8 Å². The van der Waals surface area contributed by atoms with Crippen molar-refractivity contribution in [3.8, 4) is 0 Å². The highest BCUT2D eigenvalue weighted by atomic mass is 16.7. The predicted octanol–water partition coefficient (Wildman–Crippen LogP) is 2.11. The van der Waals surface area contributed by atoms with Crippen molar-refractivity contribution in [3.63, 3.8) is 0 Å². The molecule has 2 heterocycles. The summed E-state index contributed by atoms with van der Waals surface area (Å²) >= 11 is 0. The Morgan fingerprint density at radius 2 is 1.30 bits per heavy atom. The molecule has 13 heteroatoms. The number of rotatable bonds is 5. The van der Waals surface area contributed by atoms with Gasteiger partial charge in [-0.15, -0.1) is 0 Å². The average molecular weight is 609 g/mol. The molecule has 0 unspecified atom stereocenters. The van der Waals surface area contributed by atoms with Crippen LogP contribution in [0, 0.1) is 17.3 Å². The van der Waals surface area contributed by atoms with Crippen molar-refractivity contribution in [3.05, 3.63) is 11.6 Å². The first kappa shape index (κ1) is 32.4. The van der Waals surface area contributed by atoms with E-state index in [2.05, 4.69) is 0 Å². The molecule has 4 rings (SSSR count). The Kier molecular flexibility index (Phi) is 8.46. The Morgan fingerprint density at radius 1 is 0.791 bits per heavy atom. The highest BCUT2D eigenvalue weighted by Crippen LogP contribution is 2.66. The molecule has 13 nitrogen and oxygen atoms in total.